The van der Waals surface area contributed by atoms with Crippen molar-refractivity contribution in [1.29, 1.82) is 0 Å². The van der Waals surface area contributed by atoms with Crippen LogP contribution in [0.2, 0.25) is 0 Å². The summed E-state index contributed by atoms with van der Waals surface area (Å²) in [4.78, 5) is 14.8. The molecule has 0 N–H and O–H groups in total. The first-order valence-corrected chi connectivity index (χ1v) is 9.23. The fourth-order valence-corrected chi connectivity index (χ4v) is 3.56. The predicted octanol–water partition coefficient (Wildman–Crippen LogP) is 4.31. The Balaban J connectivity index is 1.70. The van der Waals surface area contributed by atoms with Crippen molar-refractivity contribution in [3.8, 4) is 5.75 Å². The zero-order chi connectivity index (χ0) is 16.9. The molecule has 0 unspecified atom stereocenters. The van der Waals surface area contributed by atoms with Crippen molar-refractivity contribution < 1.29 is 9.53 Å². The highest BCUT2D eigenvalue weighted by molar-refractivity contribution is 9.10. The molecule has 1 aliphatic heterocycles. The van der Waals surface area contributed by atoms with Crippen LogP contribution in [0.1, 0.15) is 37.4 Å². The average Bonchev–Trinajstić information content (AvgIpc) is 2.86. The van der Waals surface area contributed by atoms with Crippen LogP contribution < -0.4 is 4.74 Å². The number of carbonyl (C=O) groups excluding carboxylic acids is 1. The van der Waals surface area contributed by atoms with E-state index in [4.69, 9.17) is 4.74 Å². The highest BCUT2D eigenvalue weighted by atomic mass is 79.9. The van der Waals surface area contributed by atoms with Crippen molar-refractivity contribution in [2.75, 3.05) is 13.2 Å². The molecule has 0 saturated carbocycles. The molecule has 3 rings (SSSR count). The summed E-state index contributed by atoms with van der Waals surface area (Å²) in [6.07, 6.45) is 6.46. The number of carbonyl (C=O) groups is 1. The molecule has 0 bridgehead atoms. The standard InChI is InChI=1S/C19H23BrN2O2/c1-21-12-5-7-17(21)18-6-3-2-4-13-22(18)19(23)14-24-16-10-8-15(20)9-11-16/h5,7-12,18H,2-4,6,13-14H2,1H3/t18-/m1/s1. The van der Waals surface area contributed by atoms with Gasteiger partial charge in [0.05, 0.1) is 6.04 Å². The summed E-state index contributed by atoms with van der Waals surface area (Å²) in [6, 6.07) is 11.9. The lowest BCUT2D eigenvalue weighted by molar-refractivity contribution is -0.136. The number of hydrogen-bond donors (Lipinski definition) is 0. The van der Waals surface area contributed by atoms with Crippen molar-refractivity contribution in [1.82, 2.24) is 9.47 Å². The van der Waals surface area contributed by atoms with E-state index in [2.05, 4.69) is 26.6 Å². The Morgan fingerprint density at radius 2 is 2.00 bits per heavy atom. The van der Waals surface area contributed by atoms with E-state index in [-0.39, 0.29) is 18.6 Å². The lowest BCUT2D eigenvalue weighted by Crippen LogP contribution is -2.38. The Bertz CT molecular complexity index is 681. The minimum absolute atomic E-state index is 0.0611. The van der Waals surface area contributed by atoms with Crippen LogP contribution in [0.4, 0.5) is 0 Å². The lowest BCUT2D eigenvalue weighted by Gasteiger charge is -2.30. The summed E-state index contributed by atoms with van der Waals surface area (Å²) in [7, 11) is 2.04. The van der Waals surface area contributed by atoms with E-state index < -0.39 is 0 Å². The van der Waals surface area contributed by atoms with Crippen molar-refractivity contribution in [2.45, 2.75) is 31.7 Å². The van der Waals surface area contributed by atoms with Gasteiger partial charge in [0.2, 0.25) is 0 Å². The zero-order valence-electron chi connectivity index (χ0n) is 14.0. The molecule has 0 radical (unpaired) electrons. The minimum atomic E-state index is 0.0611. The van der Waals surface area contributed by atoms with Crippen LogP contribution in [0.5, 0.6) is 5.75 Å². The van der Waals surface area contributed by atoms with Gasteiger partial charge in [-0.3, -0.25) is 4.79 Å². The Hall–Kier alpha value is -1.75. The topological polar surface area (TPSA) is 34.5 Å². The monoisotopic (exact) mass is 390 g/mol. The van der Waals surface area contributed by atoms with Gasteiger partial charge in [-0.25, -0.2) is 0 Å². The van der Waals surface area contributed by atoms with Gasteiger partial charge in [0.15, 0.2) is 6.61 Å². The van der Waals surface area contributed by atoms with Gasteiger partial charge in [-0.1, -0.05) is 28.8 Å². The van der Waals surface area contributed by atoms with Crippen LogP contribution in [0.3, 0.4) is 0 Å². The Morgan fingerprint density at radius 3 is 2.71 bits per heavy atom. The smallest absolute Gasteiger partial charge is 0.261 e. The quantitative estimate of drug-likeness (QED) is 0.779. The molecular weight excluding hydrogens is 368 g/mol. The van der Waals surface area contributed by atoms with E-state index >= 15 is 0 Å². The Labute approximate surface area is 151 Å². The number of ether oxygens (including phenoxy) is 1. The molecular formula is C19H23BrN2O2. The second kappa shape index (κ2) is 7.88. The minimum Gasteiger partial charge on any atom is -0.484 e. The van der Waals surface area contributed by atoms with E-state index in [0.717, 1.165) is 36.0 Å². The highest BCUT2D eigenvalue weighted by Crippen LogP contribution is 2.30. The molecule has 1 atom stereocenters. The fourth-order valence-electron chi connectivity index (χ4n) is 3.29. The van der Waals surface area contributed by atoms with Gasteiger partial charge in [0.25, 0.3) is 5.91 Å². The summed E-state index contributed by atoms with van der Waals surface area (Å²) in [6.45, 7) is 0.890. The number of halogens is 1. The van der Waals surface area contributed by atoms with Crippen molar-refractivity contribution in [3.63, 3.8) is 0 Å². The molecule has 0 aliphatic carbocycles. The molecule has 1 fully saturated rings. The van der Waals surface area contributed by atoms with Crippen LogP contribution in [-0.4, -0.2) is 28.5 Å². The van der Waals surface area contributed by atoms with Gasteiger partial charge < -0.3 is 14.2 Å². The van der Waals surface area contributed by atoms with E-state index in [1.165, 1.54) is 12.1 Å². The second-order valence-corrected chi connectivity index (χ2v) is 7.15. The first-order valence-electron chi connectivity index (χ1n) is 8.44. The highest BCUT2D eigenvalue weighted by Gasteiger charge is 2.28. The van der Waals surface area contributed by atoms with E-state index in [1.807, 2.05) is 48.5 Å². The Morgan fingerprint density at radius 1 is 1.21 bits per heavy atom. The molecule has 1 aromatic carbocycles. The third-order valence-corrected chi connectivity index (χ3v) is 5.10. The molecule has 4 nitrogen and oxygen atoms in total. The summed E-state index contributed by atoms with van der Waals surface area (Å²) >= 11 is 3.40. The lowest BCUT2D eigenvalue weighted by atomic mass is 10.1. The summed E-state index contributed by atoms with van der Waals surface area (Å²) in [5.74, 6) is 0.780. The van der Waals surface area contributed by atoms with Crippen molar-refractivity contribution >= 4 is 21.8 Å². The molecule has 1 aromatic heterocycles. The van der Waals surface area contributed by atoms with Crippen LogP contribution in [0, 0.1) is 0 Å². The van der Waals surface area contributed by atoms with Gasteiger partial charge >= 0.3 is 0 Å². The summed E-state index contributed by atoms with van der Waals surface area (Å²) in [5.41, 5.74) is 1.20. The van der Waals surface area contributed by atoms with Crippen LogP contribution in [-0.2, 0) is 11.8 Å². The third-order valence-electron chi connectivity index (χ3n) is 4.57. The van der Waals surface area contributed by atoms with Gasteiger partial charge in [-0.05, 0) is 49.2 Å². The molecule has 0 spiro atoms. The maximum absolute atomic E-state index is 12.8. The number of hydrogen-bond acceptors (Lipinski definition) is 2. The van der Waals surface area contributed by atoms with Crippen molar-refractivity contribution in [3.05, 3.63) is 52.8 Å². The molecule has 1 aliphatic rings. The van der Waals surface area contributed by atoms with Crippen LogP contribution in [0.15, 0.2) is 47.1 Å². The van der Waals surface area contributed by atoms with Gasteiger partial charge in [0.1, 0.15) is 5.75 Å². The molecule has 2 aromatic rings. The Kier molecular flexibility index (Phi) is 5.61. The van der Waals surface area contributed by atoms with E-state index in [1.54, 1.807) is 0 Å². The fraction of sp³-hybridized carbons (Fsp3) is 0.421. The van der Waals surface area contributed by atoms with Crippen LogP contribution in [0.25, 0.3) is 0 Å². The number of likely N-dealkylation sites (tertiary alicyclic amines) is 1. The maximum Gasteiger partial charge on any atom is 0.261 e. The largest absolute Gasteiger partial charge is 0.484 e. The number of amides is 1. The predicted molar refractivity (Wildman–Crippen MR) is 98.0 cm³/mol. The number of aromatic nitrogens is 1. The molecule has 2 heterocycles. The number of aryl methyl sites for hydroxylation is 1. The first-order chi connectivity index (χ1) is 11.6. The van der Waals surface area contributed by atoms with Gasteiger partial charge in [-0.15, -0.1) is 0 Å². The number of rotatable bonds is 4. The molecule has 5 heteroatoms. The van der Waals surface area contributed by atoms with Gasteiger partial charge in [0, 0.05) is 30.0 Å². The third kappa shape index (κ3) is 4.01. The normalized spacial score (nSPS) is 18.2. The molecule has 1 amide bonds. The molecule has 24 heavy (non-hydrogen) atoms. The summed E-state index contributed by atoms with van der Waals surface area (Å²) in [5, 5.41) is 0. The number of nitrogens with zero attached hydrogens (tertiary/aromatic N) is 2. The zero-order valence-corrected chi connectivity index (χ0v) is 15.5. The maximum atomic E-state index is 12.8. The van der Waals surface area contributed by atoms with Crippen molar-refractivity contribution in [2.24, 2.45) is 7.05 Å². The average molecular weight is 391 g/mol. The number of benzene rings is 1. The van der Waals surface area contributed by atoms with E-state index in [9.17, 15) is 4.79 Å². The second-order valence-electron chi connectivity index (χ2n) is 6.24. The van der Waals surface area contributed by atoms with Crippen LogP contribution >= 0.6 is 15.9 Å². The molecule has 128 valence electrons. The van der Waals surface area contributed by atoms with E-state index in [0.29, 0.717) is 0 Å². The summed E-state index contributed by atoms with van der Waals surface area (Å²) < 4.78 is 8.81. The molecule has 1 saturated heterocycles. The van der Waals surface area contributed by atoms with Gasteiger partial charge in [-0.2, -0.15) is 0 Å². The first kappa shape index (κ1) is 17.1. The SMILES string of the molecule is Cn1cccc1[C@H]1CCCCCN1C(=O)COc1ccc(Br)cc1.